The van der Waals surface area contributed by atoms with Gasteiger partial charge in [0.2, 0.25) is 0 Å². The summed E-state index contributed by atoms with van der Waals surface area (Å²) in [7, 11) is 0. The molecule has 0 aliphatic heterocycles. The van der Waals surface area contributed by atoms with Crippen LogP contribution in [0.15, 0.2) is 71.3 Å². The number of hydrogen-bond acceptors (Lipinski definition) is 5. The van der Waals surface area contributed by atoms with Gasteiger partial charge < -0.3 is 4.57 Å². The van der Waals surface area contributed by atoms with E-state index in [1.165, 1.54) is 16.3 Å². The zero-order chi connectivity index (χ0) is 22.8. The quantitative estimate of drug-likeness (QED) is 0.179. The van der Waals surface area contributed by atoms with E-state index < -0.39 is 0 Å². The van der Waals surface area contributed by atoms with Crippen LogP contribution in [0.1, 0.15) is 27.3 Å². The number of nitrogens with zero attached hydrogens (tertiary/aromatic N) is 4. The van der Waals surface area contributed by atoms with Crippen LogP contribution in [0.4, 0.5) is 0 Å². The molecule has 32 heavy (non-hydrogen) atoms. The molecule has 0 aliphatic rings. The molecular weight excluding hydrogens is 420 g/mol. The van der Waals surface area contributed by atoms with Gasteiger partial charge in [-0.25, -0.2) is 14.5 Å². The fourth-order valence-corrected chi connectivity index (χ4v) is 4.64. The number of ketones is 1. The lowest BCUT2D eigenvalue weighted by molar-refractivity contribution is 0.102. The number of Topliss-reactive ketones (excluding diaryl/α,β-unsaturated/α-hetero) is 1. The van der Waals surface area contributed by atoms with Gasteiger partial charge in [-0.1, -0.05) is 30.0 Å². The minimum absolute atomic E-state index is 0.00966. The van der Waals surface area contributed by atoms with Crippen LogP contribution in [-0.2, 0) is 6.54 Å². The number of fused-ring (bicyclic) bond motifs is 1. The van der Waals surface area contributed by atoms with E-state index in [-0.39, 0.29) is 17.1 Å². The molecule has 0 bridgehead atoms. The molecule has 0 N–H and O–H groups in total. The van der Waals surface area contributed by atoms with Gasteiger partial charge >= 0.3 is 0 Å². The van der Waals surface area contributed by atoms with Crippen molar-refractivity contribution in [2.45, 2.75) is 32.5 Å². The number of para-hydroxylation sites is 1. The maximum Gasteiger partial charge on any atom is 0.267 e. The van der Waals surface area contributed by atoms with E-state index in [1.807, 2.05) is 57.2 Å². The van der Waals surface area contributed by atoms with Gasteiger partial charge in [-0.3, -0.25) is 9.59 Å². The van der Waals surface area contributed by atoms with Crippen molar-refractivity contribution in [3.8, 4) is 5.82 Å². The molecule has 0 radical (unpaired) electrons. The fraction of sp³-hybridized carbons (Fsp3) is 0.200. The van der Waals surface area contributed by atoms with Crippen LogP contribution in [0.25, 0.3) is 16.7 Å². The maximum absolute atomic E-state index is 13.3. The summed E-state index contributed by atoms with van der Waals surface area (Å²) >= 11 is 1.25. The number of benzene rings is 1. The first-order valence-corrected chi connectivity index (χ1v) is 11.3. The molecule has 1 aromatic carbocycles. The van der Waals surface area contributed by atoms with E-state index in [2.05, 4.69) is 16.1 Å². The summed E-state index contributed by atoms with van der Waals surface area (Å²) in [6, 6.07) is 12.8. The largest absolute Gasteiger partial charge is 0.345 e. The van der Waals surface area contributed by atoms with E-state index >= 15 is 0 Å². The Kier molecular flexibility index (Phi) is 6.10. The van der Waals surface area contributed by atoms with Crippen molar-refractivity contribution in [1.29, 1.82) is 0 Å². The highest BCUT2D eigenvalue weighted by Crippen LogP contribution is 2.24. The Labute approximate surface area is 190 Å². The van der Waals surface area contributed by atoms with Crippen molar-refractivity contribution >= 4 is 28.4 Å². The number of thioether (sulfide) groups is 1. The zero-order valence-corrected chi connectivity index (χ0v) is 19.1. The Morgan fingerprint density at radius 2 is 1.94 bits per heavy atom. The molecule has 7 heteroatoms. The number of carbonyl (C=O) groups excluding carboxylic acids is 1. The monoisotopic (exact) mass is 444 g/mol. The van der Waals surface area contributed by atoms with Crippen molar-refractivity contribution < 1.29 is 4.79 Å². The van der Waals surface area contributed by atoms with Crippen molar-refractivity contribution in [1.82, 2.24) is 19.1 Å². The standard InChI is InChI=1S/C25H24N4O2S/c1-5-12-28-17(3)14-20(18(28)4)22(30)15-32-25-27-21-9-7-6-8-19(21)24(31)29(25)23-13-16(2)10-11-26-23/h5-11,13-14H,1,12,15H2,2-4H3. The molecule has 0 saturated carbocycles. The number of allylic oxidation sites excluding steroid dienone is 1. The van der Waals surface area contributed by atoms with Crippen molar-refractivity contribution in [2.75, 3.05) is 5.75 Å². The molecule has 0 amide bonds. The third-order valence-electron chi connectivity index (χ3n) is 5.39. The van der Waals surface area contributed by atoms with E-state index in [1.54, 1.807) is 18.3 Å². The summed E-state index contributed by atoms with van der Waals surface area (Å²) in [5.74, 6) is 0.645. The predicted molar refractivity (Wildman–Crippen MR) is 129 cm³/mol. The second kappa shape index (κ2) is 8.96. The van der Waals surface area contributed by atoms with Crippen molar-refractivity contribution in [2.24, 2.45) is 0 Å². The smallest absolute Gasteiger partial charge is 0.267 e. The van der Waals surface area contributed by atoms with Gasteiger partial charge in [0.05, 0.1) is 16.7 Å². The van der Waals surface area contributed by atoms with Crippen LogP contribution in [0.5, 0.6) is 0 Å². The van der Waals surface area contributed by atoms with Crippen LogP contribution >= 0.6 is 11.8 Å². The molecule has 0 atom stereocenters. The topological polar surface area (TPSA) is 69.8 Å². The Bertz CT molecular complexity index is 1400. The first-order chi connectivity index (χ1) is 15.4. The molecule has 0 fully saturated rings. The third-order valence-corrected chi connectivity index (χ3v) is 6.33. The lowest BCUT2D eigenvalue weighted by Crippen LogP contribution is -2.23. The number of carbonyl (C=O) groups is 1. The summed E-state index contributed by atoms with van der Waals surface area (Å²) in [6.07, 6.45) is 3.48. The molecule has 0 unspecified atom stereocenters. The number of aromatic nitrogens is 4. The Balaban J connectivity index is 1.74. The summed E-state index contributed by atoms with van der Waals surface area (Å²) in [4.78, 5) is 35.5. The lowest BCUT2D eigenvalue weighted by atomic mass is 10.2. The second-order valence-electron chi connectivity index (χ2n) is 7.64. The Morgan fingerprint density at radius 3 is 2.69 bits per heavy atom. The average molecular weight is 445 g/mol. The van der Waals surface area contributed by atoms with Crippen LogP contribution in [0.2, 0.25) is 0 Å². The van der Waals surface area contributed by atoms with Crippen LogP contribution < -0.4 is 5.56 Å². The minimum atomic E-state index is -0.201. The average Bonchev–Trinajstić information content (AvgIpc) is 3.06. The van der Waals surface area contributed by atoms with Gasteiger partial charge in [-0.15, -0.1) is 6.58 Å². The van der Waals surface area contributed by atoms with Gasteiger partial charge in [0.1, 0.15) is 5.82 Å². The fourth-order valence-electron chi connectivity index (χ4n) is 3.76. The van der Waals surface area contributed by atoms with Crippen molar-refractivity contribution in [3.05, 3.63) is 94.2 Å². The zero-order valence-electron chi connectivity index (χ0n) is 18.3. The van der Waals surface area contributed by atoms with E-state index in [4.69, 9.17) is 4.98 Å². The van der Waals surface area contributed by atoms with Gasteiger partial charge in [-0.2, -0.15) is 0 Å². The predicted octanol–water partition coefficient (Wildman–Crippen LogP) is 4.67. The van der Waals surface area contributed by atoms with Gasteiger partial charge in [0.25, 0.3) is 5.56 Å². The van der Waals surface area contributed by atoms with Crippen molar-refractivity contribution in [3.63, 3.8) is 0 Å². The number of aryl methyl sites for hydroxylation is 2. The number of hydrogen-bond donors (Lipinski definition) is 0. The highest BCUT2D eigenvalue weighted by Gasteiger charge is 2.19. The Hall–Kier alpha value is -3.45. The molecular formula is C25H24N4O2S. The molecule has 162 valence electrons. The normalized spacial score (nSPS) is 11.1. The molecule has 3 aromatic heterocycles. The van der Waals surface area contributed by atoms with E-state index in [0.717, 1.165) is 17.0 Å². The summed E-state index contributed by atoms with van der Waals surface area (Å²) in [5, 5.41) is 0.958. The van der Waals surface area contributed by atoms with Crippen LogP contribution in [-0.4, -0.2) is 30.6 Å². The SMILES string of the molecule is C=CCn1c(C)cc(C(=O)CSc2nc3ccccc3c(=O)n2-c2cc(C)ccn2)c1C. The van der Waals surface area contributed by atoms with Crippen LogP contribution in [0, 0.1) is 20.8 Å². The van der Waals surface area contributed by atoms with Gasteiger partial charge in [-0.05, 0) is 56.7 Å². The first-order valence-electron chi connectivity index (χ1n) is 10.3. The molecule has 0 spiro atoms. The summed E-state index contributed by atoms with van der Waals surface area (Å²) < 4.78 is 3.56. The molecule has 3 heterocycles. The molecule has 0 saturated heterocycles. The lowest BCUT2D eigenvalue weighted by Gasteiger charge is -2.12. The van der Waals surface area contributed by atoms with Gasteiger partial charge in [0.15, 0.2) is 10.9 Å². The maximum atomic E-state index is 13.3. The molecule has 6 nitrogen and oxygen atoms in total. The molecule has 4 aromatic rings. The van der Waals surface area contributed by atoms with E-state index in [0.29, 0.717) is 34.0 Å². The number of pyridine rings is 1. The summed E-state index contributed by atoms with van der Waals surface area (Å²) in [6.45, 7) is 10.3. The first kappa shape index (κ1) is 21.8. The summed E-state index contributed by atoms with van der Waals surface area (Å²) in [5.41, 5.74) is 3.99. The van der Waals surface area contributed by atoms with Gasteiger partial charge in [0, 0.05) is 29.7 Å². The molecule has 4 rings (SSSR count). The molecule has 0 aliphatic carbocycles. The number of rotatable bonds is 7. The van der Waals surface area contributed by atoms with E-state index in [9.17, 15) is 9.59 Å². The minimum Gasteiger partial charge on any atom is -0.345 e. The second-order valence-corrected chi connectivity index (χ2v) is 8.58. The highest BCUT2D eigenvalue weighted by atomic mass is 32.2. The third kappa shape index (κ3) is 4.03. The van der Waals surface area contributed by atoms with Crippen LogP contribution in [0.3, 0.4) is 0 Å². The highest BCUT2D eigenvalue weighted by molar-refractivity contribution is 7.99. The Morgan fingerprint density at radius 1 is 1.16 bits per heavy atom.